The topological polar surface area (TPSA) is 177 Å². The SMILES string of the molecule is CCC(C)C(NC(=O)C(CCCCN)NC(=O)C(C)N)C(=O)NC(Cc1ccccc1)C(=O)O. The van der Waals surface area contributed by atoms with E-state index in [2.05, 4.69) is 16.0 Å². The Kier molecular flexibility index (Phi) is 12.8. The van der Waals surface area contributed by atoms with E-state index in [-0.39, 0.29) is 12.3 Å². The van der Waals surface area contributed by atoms with Crippen LogP contribution in [-0.2, 0) is 25.6 Å². The lowest BCUT2D eigenvalue weighted by atomic mass is 9.96. The zero-order chi connectivity index (χ0) is 25.7. The molecule has 8 N–H and O–H groups in total. The number of amides is 3. The second kappa shape index (κ2) is 15.0. The van der Waals surface area contributed by atoms with E-state index in [9.17, 15) is 24.3 Å². The number of benzene rings is 1. The molecule has 5 unspecified atom stereocenters. The summed E-state index contributed by atoms with van der Waals surface area (Å²) in [5.74, 6) is -3.04. The van der Waals surface area contributed by atoms with Crippen molar-refractivity contribution in [1.29, 1.82) is 0 Å². The largest absolute Gasteiger partial charge is 0.480 e. The van der Waals surface area contributed by atoms with Gasteiger partial charge in [0.1, 0.15) is 18.1 Å². The molecule has 1 aromatic rings. The third kappa shape index (κ3) is 9.88. The molecule has 0 fully saturated rings. The Morgan fingerprint density at radius 3 is 2.06 bits per heavy atom. The number of hydrogen-bond acceptors (Lipinski definition) is 6. The van der Waals surface area contributed by atoms with Crippen molar-refractivity contribution in [2.24, 2.45) is 17.4 Å². The van der Waals surface area contributed by atoms with Crippen LogP contribution in [0.1, 0.15) is 52.0 Å². The summed E-state index contributed by atoms with van der Waals surface area (Å²) in [6.07, 6.45) is 2.29. The van der Waals surface area contributed by atoms with E-state index in [0.717, 1.165) is 5.56 Å². The minimum atomic E-state index is -1.17. The maximum Gasteiger partial charge on any atom is 0.326 e. The summed E-state index contributed by atoms with van der Waals surface area (Å²) >= 11 is 0. The quantitative estimate of drug-likeness (QED) is 0.197. The fourth-order valence-electron chi connectivity index (χ4n) is 3.33. The number of carboxylic acid groups (broad SMARTS) is 1. The molecule has 0 spiro atoms. The predicted molar refractivity (Wildman–Crippen MR) is 130 cm³/mol. The lowest BCUT2D eigenvalue weighted by Crippen LogP contribution is -2.58. The zero-order valence-corrected chi connectivity index (χ0v) is 20.3. The molecular formula is C24H39N5O5. The van der Waals surface area contributed by atoms with Crippen molar-refractivity contribution in [2.75, 3.05) is 6.54 Å². The maximum atomic E-state index is 13.1. The standard InChI is InChI=1S/C24H39N5O5/c1-4-15(2)20(23(32)28-19(24(33)34)14-17-10-6-5-7-11-17)29-22(31)18(12-8-9-13-25)27-21(30)16(3)26/h5-7,10-11,15-16,18-20H,4,8-9,12-14,25-26H2,1-3H3,(H,27,30)(H,28,32)(H,29,31)(H,33,34). The van der Waals surface area contributed by atoms with Crippen molar-refractivity contribution >= 4 is 23.7 Å². The molecule has 5 atom stereocenters. The summed E-state index contributed by atoms with van der Waals surface area (Å²) in [4.78, 5) is 50.0. The van der Waals surface area contributed by atoms with Crippen LogP contribution in [0.15, 0.2) is 30.3 Å². The van der Waals surface area contributed by atoms with Crippen LogP contribution in [0.2, 0.25) is 0 Å². The lowest BCUT2D eigenvalue weighted by Gasteiger charge is -2.28. The van der Waals surface area contributed by atoms with E-state index in [1.54, 1.807) is 31.2 Å². The fourth-order valence-corrected chi connectivity index (χ4v) is 3.33. The van der Waals surface area contributed by atoms with Gasteiger partial charge in [-0.15, -0.1) is 0 Å². The molecule has 0 aliphatic rings. The summed E-state index contributed by atoms with van der Waals surface area (Å²) in [6, 6.07) is 5.15. The van der Waals surface area contributed by atoms with Gasteiger partial charge in [-0.2, -0.15) is 0 Å². The van der Waals surface area contributed by atoms with Gasteiger partial charge in [-0.05, 0) is 44.2 Å². The van der Waals surface area contributed by atoms with Crippen LogP contribution in [0.3, 0.4) is 0 Å². The molecule has 10 heteroatoms. The Hall–Kier alpha value is -2.98. The van der Waals surface area contributed by atoms with E-state index < -0.39 is 47.9 Å². The van der Waals surface area contributed by atoms with Gasteiger partial charge in [-0.25, -0.2) is 4.79 Å². The molecule has 10 nitrogen and oxygen atoms in total. The highest BCUT2D eigenvalue weighted by Crippen LogP contribution is 2.11. The Morgan fingerprint density at radius 2 is 1.53 bits per heavy atom. The van der Waals surface area contributed by atoms with Crippen LogP contribution < -0.4 is 27.4 Å². The summed E-state index contributed by atoms with van der Waals surface area (Å²) in [6.45, 7) is 5.62. The molecule has 0 aromatic heterocycles. The van der Waals surface area contributed by atoms with Gasteiger partial charge in [-0.1, -0.05) is 50.6 Å². The monoisotopic (exact) mass is 477 g/mol. The van der Waals surface area contributed by atoms with Crippen molar-refractivity contribution in [3.63, 3.8) is 0 Å². The molecule has 190 valence electrons. The molecule has 0 saturated carbocycles. The van der Waals surface area contributed by atoms with Crippen molar-refractivity contribution in [2.45, 2.75) is 77.0 Å². The third-order valence-corrected chi connectivity index (χ3v) is 5.68. The Balaban J connectivity index is 2.99. The maximum absolute atomic E-state index is 13.1. The van der Waals surface area contributed by atoms with Gasteiger partial charge in [0.15, 0.2) is 0 Å². The lowest BCUT2D eigenvalue weighted by molar-refractivity contribution is -0.142. The van der Waals surface area contributed by atoms with E-state index >= 15 is 0 Å². The van der Waals surface area contributed by atoms with Gasteiger partial charge >= 0.3 is 5.97 Å². The number of carbonyl (C=O) groups is 4. The van der Waals surface area contributed by atoms with Crippen molar-refractivity contribution < 1.29 is 24.3 Å². The van der Waals surface area contributed by atoms with Crippen LogP contribution in [0.25, 0.3) is 0 Å². The number of carbonyl (C=O) groups excluding carboxylic acids is 3. The van der Waals surface area contributed by atoms with E-state index in [1.165, 1.54) is 6.92 Å². The van der Waals surface area contributed by atoms with Gasteiger partial charge in [-0.3, -0.25) is 14.4 Å². The summed E-state index contributed by atoms with van der Waals surface area (Å²) in [5.41, 5.74) is 11.9. The van der Waals surface area contributed by atoms with E-state index in [4.69, 9.17) is 11.5 Å². The summed E-state index contributed by atoms with van der Waals surface area (Å²) in [7, 11) is 0. The molecule has 0 saturated heterocycles. The van der Waals surface area contributed by atoms with Gasteiger partial charge < -0.3 is 32.5 Å². The smallest absolute Gasteiger partial charge is 0.326 e. The van der Waals surface area contributed by atoms with Crippen molar-refractivity contribution in [3.8, 4) is 0 Å². The highest BCUT2D eigenvalue weighted by molar-refractivity contribution is 5.94. The summed E-state index contributed by atoms with van der Waals surface area (Å²) in [5, 5.41) is 17.5. The van der Waals surface area contributed by atoms with Gasteiger partial charge in [0.25, 0.3) is 0 Å². The number of rotatable bonds is 15. The zero-order valence-electron chi connectivity index (χ0n) is 20.3. The van der Waals surface area contributed by atoms with E-state index in [1.807, 2.05) is 13.0 Å². The molecule has 0 bridgehead atoms. The summed E-state index contributed by atoms with van der Waals surface area (Å²) < 4.78 is 0. The predicted octanol–water partition coefficient (Wildman–Crippen LogP) is 0.290. The average molecular weight is 478 g/mol. The number of nitrogens with two attached hydrogens (primary N) is 2. The fraction of sp³-hybridized carbons (Fsp3) is 0.583. The normalized spacial score (nSPS) is 15.3. The first-order valence-corrected chi connectivity index (χ1v) is 11.7. The Labute approximate surface area is 201 Å². The second-order valence-corrected chi connectivity index (χ2v) is 8.60. The molecule has 3 amide bonds. The molecule has 0 aliphatic heterocycles. The minimum absolute atomic E-state index is 0.106. The highest BCUT2D eigenvalue weighted by atomic mass is 16.4. The van der Waals surface area contributed by atoms with Crippen molar-refractivity contribution in [3.05, 3.63) is 35.9 Å². The number of carboxylic acids is 1. The molecule has 0 radical (unpaired) electrons. The molecule has 34 heavy (non-hydrogen) atoms. The van der Waals surface area contributed by atoms with Gasteiger partial charge in [0.2, 0.25) is 17.7 Å². The Bertz CT molecular complexity index is 802. The first kappa shape index (κ1) is 29.1. The first-order valence-electron chi connectivity index (χ1n) is 11.7. The van der Waals surface area contributed by atoms with Crippen LogP contribution in [0.4, 0.5) is 0 Å². The van der Waals surface area contributed by atoms with Crippen LogP contribution in [0.5, 0.6) is 0 Å². The number of unbranched alkanes of at least 4 members (excludes halogenated alkanes) is 1. The highest BCUT2D eigenvalue weighted by Gasteiger charge is 2.32. The van der Waals surface area contributed by atoms with E-state index in [0.29, 0.717) is 32.2 Å². The number of nitrogens with one attached hydrogen (secondary N) is 3. The third-order valence-electron chi connectivity index (χ3n) is 5.68. The molecule has 0 aliphatic carbocycles. The minimum Gasteiger partial charge on any atom is -0.480 e. The molecule has 1 rings (SSSR count). The number of aliphatic carboxylic acids is 1. The molecular weight excluding hydrogens is 438 g/mol. The Morgan fingerprint density at radius 1 is 0.912 bits per heavy atom. The molecule has 0 heterocycles. The van der Waals surface area contributed by atoms with Crippen LogP contribution in [0, 0.1) is 5.92 Å². The first-order chi connectivity index (χ1) is 16.1. The van der Waals surface area contributed by atoms with Crippen LogP contribution in [-0.4, -0.2) is 59.5 Å². The van der Waals surface area contributed by atoms with Crippen molar-refractivity contribution in [1.82, 2.24) is 16.0 Å². The van der Waals surface area contributed by atoms with Crippen LogP contribution >= 0.6 is 0 Å². The average Bonchev–Trinajstić information content (AvgIpc) is 2.81. The number of hydrogen-bond donors (Lipinski definition) is 6. The second-order valence-electron chi connectivity index (χ2n) is 8.60. The van der Waals surface area contributed by atoms with Gasteiger partial charge in [0.05, 0.1) is 6.04 Å². The molecule has 1 aromatic carbocycles. The van der Waals surface area contributed by atoms with Gasteiger partial charge in [0, 0.05) is 6.42 Å².